The highest BCUT2D eigenvalue weighted by Crippen LogP contribution is 2.32. The summed E-state index contributed by atoms with van der Waals surface area (Å²) in [5.74, 6) is 0.980. The zero-order valence-electron chi connectivity index (χ0n) is 16.3. The van der Waals surface area contributed by atoms with Crippen molar-refractivity contribution in [1.82, 2.24) is 14.8 Å². The first-order chi connectivity index (χ1) is 13.7. The molecule has 6 heteroatoms. The van der Waals surface area contributed by atoms with Crippen LogP contribution in [0, 0.1) is 12.8 Å². The summed E-state index contributed by atoms with van der Waals surface area (Å²) in [7, 11) is 0. The van der Waals surface area contributed by atoms with E-state index in [2.05, 4.69) is 22.5 Å². The van der Waals surface area contributed by atoms with Crippen LogP contribution in [0.3, 0.4) is 0 Å². The molecule has 3 aromatic rings. The lowest BCUT2D eigenvalue weighted by atomic mass is 9.89. The number of rotatable bonds is 3. The Bertz CT molecular complexity index is 986. The van der Waals surface area contributed by atoms with Crippen molar-refractivity contribution >= 4 is 33.3 Å². The number of carbonyl (C=O) groups is 1. The first-order valence-electron chi connectivity index (χ1n) is 10.5. The minimum absolute atomic E-state index is 0.123. The van der Waals surface area contributed by atoms with E-state index in [1.54, 1.807) is 16.0 Å². The number of anilines is 1. The van der Waals surface area contributed by atoms with Crippen LogP contribution in [0.4, 0.5) is 5.82 Å². The molecule has 1 amide bonds. The Morgan fingerprint density at radius 2 is 1.82 bits per heavy atom. The third kappa shape index (κ3) is 3.34. The molecule has 0 unspecified atom stereocenters. The maximum absolute atomic E-state index is 12.7. The summed E-state index contributed by atoms with van der Waals surface area (Å²) in [6.45, 7) is 1.96. The molecule has 1 saturated carbocycles. The van der Waals surface area contributed by atoms with Gasteiger partial charge in [0.15, 0.2) is 0 Å². The molecule has 5 rings (SSSR count). The smallest absolute Gasteiger partial charge is 0.228 e. The number of thiazole rings is 1. The molecule has 28 heavy (non-hydrogen) atoms. The molecule has 146 valence electrons. The highest BCUT2D eigenvalue weighted by Gasteiger charge is 2.23. The van der Waals surface area contributed by atoms with Crippen molar-refractivity contribution in [3.8, 4) is 5.13 Å². The molecule has 0 radical (unpaired) electrons. The predicted octanol–water partition coefficient (Wildman–Crippen LogP) is 5.19. The molecule has 0 saturated heterocycles. The topological polar surface area (TPSA) is 59.8 Å². The minimum Gasteiger partial charge on any atom is -0.310 e. The zero-order chi connectivity index (χ0) is 19.1. The number of hydrogen-bond donors (Lipinski definition) is 1. The monoisotopic (exact) mass is 394 g/mol. The summed E-state index contributed by atoms with van der Waals surface area (Å²) in [6.07, 6.45) is 10.4. The van der Waals surface area contributed by atoms with Crippen molar-refractivity contribution in [2.24, 2.45) is 5.92 Å². The van der Waals surface area contributed by atoms with Gasteiger partial charge in [0.2, 0.25) is 11.0 Å². The van der Waals surface area contributed by atoms with Crippen LogP contribution in [0.15, 0.2) is 18.2 Å². The van der Waals surface area contributed by atoms with Crippen molar-refractivity contribution in [2.45, 2.75) is 64.7 Å². The molecular weight excluding hydrogens is 368 g/mol. The van der Waals surface area contributed by atoms with Crippen LogP contribution in [0.1, 0.15) is 61.8 Å². The van der Waals surface area contributed by atoms with Crippen LogP contribution in [0.25, 0.3) is 15.3 Å². The summed E-state index contributed by atoms with van der Waals surface area (Å²) >= 11 is 1.65. The van der Waals surface area contributed by atoms with Gasteiger partial charge in [-0.15, -0.1) is 0 Å². The molecule has 2 aliphatic rings. The second-order valence-electron chi connectivity index (χ2n) is 8.20. The first kappa shape index (κ1) is 17.9. The van der Waals surface area contributed by atoms with Crippen LogP contribution in [-0.4, -0.2) is 20.7 Å². The lowest BCUT2D eigenvalue weighted by Crippen LogP contribution is -2.25. The third-order valence-corrected chi connectivity index (χ3v) is 7.07. The Hall–Kier alpha value is -2.21. The fraction of sp³-hybridized carbons (Fsp3) is 0.500. The molecule has 1 aromatic carbocycles. The van der Waals surface area contributed by atoms with Gasteiger partial charge < -0.3 is 5.32 Å². The summed E-state index contributed by atoms with van der Waals surface area (Å²) in [5.41, 5.74) is 4.84. The Balaban J connectivity index is 1.46. The molecule has 2 heterocycles. The second kappa shape index (κ2) is 7.32. The largest absolute Gasteiger partial charge is 0.310 e. The lowest BCUT2D eigenvalue weighted by molar-refractivity contribution is -0.120. The van der Waals surface area contributed by atoms with Gasteiger partial charge in [-0.3, -0.25) is 4.79 Å². The van der Waals surface area contributed by atoms with E-state index in [0.29, 0.717) is 0 Å². The van der Waals surface area contributed by atoms with Crippen molar-refractivity contribution in [1.29, 1.82) is 0 Å². The van der Waals surface area contributed by atoms with Crippen LogP contribution in [0.2, 0.25) is 0 Å². The highest BCUT2D eigenvalue weighted by molar-refractivity contribution is 7.20. The summed E-state index contributed by atoms with van der Waals surface area (Å²) in [6, 6.07) is 6.50. The molecule has 2 aromatic heterocycles. The van der Waals surface area contributed by atoms with Gasteiger partial charge in [-0.05, 0) is 68.7 Å². The molecule has 2 aliphatic carbocycles. The molecule has 1 N–H and O–H groups in total. The number of carbonyl (C=O) groups excluding carboxylic acids is 1. The van der Waals surface area contributed by atoms with Gasteiger partial charge in [-0.2, -0.15) is 9.78 Å². The van der Waals surface area contributed by atoms with Gasteiger partial charge >= 0.3 is 0 Å². The van der Waals surface area contributed by atoms with Gasteiger partial charge in [-0.25, -0.2) is 4.98 Å². The van der Waals surface area contributed by atoms with Crippen LogP contribution >= 0.6 is 11.3 Å². The molecule has 5 nitrogen and oxygen atoms in total. The van der Waals surface area contributed by atoms with E-state index in [-0.39, 0.29) is 11.8 Å². The minimum atomic E-state index is 0.123. The molecule has 0 bridgehead atoms. The van der Waals surface area contributed by atoms with Gasteiger partial charge in [-0.1, -0.05) is 30.6 Å². The van der Waals surface area contributed by atoms with E-state index in [0.717, 1.165) is 54.3 Å². The van der Waals surface area contributed by atoms with E-state index < -0.39 is 0 Å². The lowest BCUT2D eigenvalue weighted by Gasteiger charge is -2.20. The number of nitrogens with one attached hydrogen (secondary N) is 1. The van der Waals surface area contributed by atoms with Crippen molar-refractivity contribution in [2.75, 3.05) is 5.32 Å². The average molecular weight is 395 g/mol. The standard InChI is InChI=1S/C22H26N4OS/c1-14-11-20(24-21(27)15-7-3-2-4-8-15)26(25-14)22-23-18-12-16-9-5-6-10-17(16)13-19(18)28-22/h11-13,15H,2-10H2,1H3,(H,24,27). The Morgan fingerprint density at radius 3 is 2.61 bits per heavy atom. The number of aryl methyl sites for hydroxylation is 3. The number of amides is 1. The quantitative estimate of drug-likeness (QED) is 0.665. The van der Waals surface area contributed by atoms with E-state index in [9.17, 15) is 4.79 Å². The normalized spacial score (nSPS) is 17.6. The van der Waals surface area contributed by atoms with E-state index in [1.165, 1.54) is 41.5 Å². The van der Waals surface area contributed by atoms with Crippen molar-refractivity contribution < 1.29 is 4.79 Å². The van der Waals surface area contributed by atoms with Gasteiger partial charge in [0, 0.05) is 12.0 Å². The van der Waals surface area contributed by atoms with Gasteiger partial charge in [0.05, 0.1) is 15.9 Å². The number of aromatic nitrogens is 3. The highest BCUT2D eigenvalue weighted by atomic mass is 32.1. The van der Waals surface area contributed by atoms with Gasteiger partial charge in [0.25, 0.3) is 0 Å². The zero-order valence-corrected chi connectivity index (χ0v) is 17.1. The molecule has 0 atom stereocenters. The van der Waals surface area contributed by atoms with E-state index in [1.807, 2.05) is 13.0 Å². The Morgan fingerprint density at radius 1 is 1.07 bits per heavy atom. The maximum atomic E-state index is 12.7. The molecule has 0 aliphatic heterocycles. The Labute approximate surface area is 169 Å². The molecule has 1 fully saturated rings. The average Bonchev–Trinajstić information content (AvgIpc) is 3.29. The van der Waals surface area contributed by atoms with Crippen LogP contribution < -0.4 is 5.32 Å². The summed E-state index contributed by atoms with van der Waals surface area (Å²) in [5, 5.41) is 8.57. The second-order valence-corrected chi connectivity index (χ2v) is 9.21. The van der Waals surface area contributed by atoms with E-state index >= 15 is 0 Å². The first-order valence-corrected chi connectivity index (χ1v) is 11.3. The number of nitrogens with zero attached hydrogens (tertiary/aromatic N) is 3. The third-order valence-electron chi connectivity index (χ3n) is 6.08. The number of benzene rings is 1. The number of hydrogen-bond acceptors (Lipinski definition) is 4. The fourth-order valence-electron chi connectivity index (χ4n) is 4.56. The van der Waals surface area contributed by atoms with Crippen molar-refractivity contribution in [3.63, 3.8) is 0 Å². The van der Waals surface area contributed by atoms with Gasteiger partial charge in [0.1, 0.15) is 5.82 Å². The maximum Gasteiger partial charge on any atom is 0.228 e. The fourth-order valence-corrected chi connectivity index (χ4v) is 5.54. The predicted molar refractivity (Wildman–Crippen MR) is 113 cm³/mol. The van der Waals surface area contributed by atoms with E-state index in [4.69, 9.17) is 4.98 Å². The summed E-state index contributed by atoms with van der Waals surface area (Å²) in [4.78, 5) is 17.6. The summed E-state index contributed by atoms with van der Waals surface area (Å²) < 4.78 is 3.01. The molecular formula is C22H26N4OS. The SMILES string of the molecule is Cc1cc(NC(=O)C2CCCCC2)n(-c2nc3cc4c(cc3s2)CCCC4)n1. The van der Waals surface area contributed by atoms with Crippen molar-refractivity contribution in [3.05, 3.63) is 35.0 Å². The molecule has 0 spiro atoms. The Kier molecular flexibility index (Phi) is 4.67. The number of fused-ring (bicyclic) bond motifs is 2. The van der Waals surface area contributed by atoms with Crippen LogP contribution in [-0.2, 0) is 17.6 Å². The van der Waals surface area contributed by atoms with Crippen LogP contribution in [0.5, 0.6) is 0 Å².